The number of carbonyl (C=O) groups is 3. The summed E-state index contributed by atoms with van der Waals surface area (Å²) in [6.07, 6.45) is 61.2. The van der Waals surface area contributed by atoms with Crippen LogP contribution in [0, 0.1) is 0 Å². The van der Waals surface area contributed by atoms with E-state index in [4.69, 9.17) is 14.2 Å². The first-order valence-corrected chi connectivity index (χ1v) is 27.5. The first-order valence-electron chi connectivity index (χ1n) is 27.5. The lowest BCUT2D eigenvalue weighted by molar-refractivity contribution is -0.167. The van der Waals surface area contributed by atoms with Gasteiger partial charge in [0.2, 0.25) is 0 Å². The van der Waals surface area contributed by atoms with Crippen LogP contribution in [0.25, 0.3) is 0 Å². The maximum Gasteiger partial charge on any atom is 0.306 e. The Kier molecular flexibility index (Phi) is 50.3. The SMILES string of the molecule is CCCC/C=C\C/C=C\CCCCCCCC(=O)OC(COC(=O)CCCCCCCCC/C=C\CCCCCCCC)COC(=O)CCCCCCCCCCCCCCCC. The Labute approximate surface area is 391 Å². The van der Waals surface area contributed by atoms with Crippen molar-refractivity contribution in [2.24, 2.45) is 0 Å². The zero-order valence-corrected chi connectivity index (χ0v) is 42.1. The Morgan fingerprint density at radius 1 is 0.317 bits per heavy atom. The molecule has 0 fully saturated rings. The van der Waals surface area contributed by atoms with Crippen LogP contribution in [0.4, 0.5) is 0 Å². The molecule has 0 aromatic heterocycles. The molecule has 0 spiro atoms. The normalized spacial score (nSPS) is 12.2. The van der Waals surface area contributed by atoms with Crippen molar-refractivity contribution >= 4 is 17.9 Å². The van der Waals surface area contributed by atoms with Crippen LogP contribution in [0.5, 0.6) is 0 Å². The Bertz CT molecular complexity index is 1060. The van der Waals surface area contributed by atoms with Gasteiger partial charge in [0.15, 0.2) is 6.10 Å². The van der Waals surface area contributed by atoms with Gasteiger partial charge in [-0.25, -0.2) is 0 Å². The molecule has 0 saturated heterocycles. The van der Waals surface area contributed by atoms with E-state index in [-0.39, 0.29) is 31.1 Å². The summed E-state index contributed by atoms with van der Waals surface area (Å²) in [4.78, 5) is 38.0. The molecule has 6 nitrogen and oxygen atoms in total. The number of esters is 3. The number of hydrogen-bond acceptors (Lipinski definition) is 6. The minimum Gasteiger partial charge on any atom is -0.462 e. The molecule has 63 heavy (non-hydrogen) atoms. The number of ether oxygens (including phenoxy) is 3. The fourth-order valence-electron chi connectivity index (χ4n) is 7.93. The number of rotatable bonds is 50. The van der Waals surface area contributed by atoms with Crippen molar-refractivity contribution in [1.82, 2.24) is 0 Å². The largest absolute Gasteiger partial charge is 0.462 e. The lowest BCUT2D eigenvalue weighted by Gasteiger charge is -2.18. The Balaban J connectivity index is 4.36. The van der Waals surface area contributed by atoms with E-state index >= 15 is 0 Å². The van der Waals surface area contributed by atoms with Gasteiger partial charge in [-0.1, -0.05) is 237 Å². The van der Waals surface area contributed by atoms with Crippen molar-refractivity contribution in [1.29, 1.82) is 0 Å². The van der Waals surface area contributed by atoms with Crippen LogP contribution in [0.2, 0.25) is 0 Å². The van der Waals surface area contributed by atoms with E-state index in [1.165, 1.54) is 167 Å². The number of unbranched alkanes of at least 4 members (excludes halogenated alkanes) is 33. The molecule has 0 radical (unpaired) electrons. The maximum absolute atomic E-state index is 12.8. The third-order valence-electron chi connectivity index (χ3n) is 12.1. The number of carbonyl (C=O) groups excluding carboxylic acids is 3. The quantitative estimate of drug-likeness (QED) is 0.0262. The molecule has 1 atom stereocenters. The summed E-state index contributed by atoms with van der Waals surface area (Å²) < 4.78 is 16.8. The van der Waals surface area contributed by atoms with E-state index < -0.39 is 6.10 Å². The molecule has 0 amide bonds. The second kappa shape index (κ2) is 52.3. The van der Waals surface area contributed by atoms with Gasteiger partial charge in [-0.2, -0.15) is 0 Å². The molecule has 0 aliphatic heterocycles. The summed E-state index contributed by atoms with van der Waals surface area (Å²) in [6.45, 7) is 6.61. The Morgan fingerprint density at radius 3 is 0.937 bits per heavy atom. The third-order valence-corrected chi connectivity index (χ3v) is 12.1. The second-order valence-electron chi connectivity index (χ2n) is 18.5. The minimum absolute atomic E-state index is 0.0760. The van der Waals surface area contributed by atoms with Crippen LogP contribution in [-0.4, -0.2) is 37.2 Å². The summed E-state index contributed by atoms with van der Waals surface area (Å²) in [5.41, 5.74) is 0. The fraction of sp³-hybridized carbons (Fsp3) is 0.842. The van der Waals surface area contributed by atoms with Crippen molar-refractivity contribution in [2.45, 2.75) is 297 Å². The maximum atomic E-state index is 12.8. The van der Waals surface area contributed by atoms with E-state index in [1.54, 1.807) is 0 Å². The molecule has 6 heteroatoms. The van der Waals surface area contributed by atoms with Crippen LogP contribution in [0.15, 0.2) is 36.5 Å². The highest BCUT2D eigenvalue weighted by atomic mass is 16.6. The van der Waals surface area contributed by atoms with E-state index in [9.17, 15) is 14.4 Å². The van der Waals surface area contributed by atoms with Crippen molar-refractivity contribution in [2.75, 3.05) is 13.2 Å². The molecule has 1 unspecified atom stereocenters. The molecule has 0 bridgehead atoms. The zero-order valence-electron chi connectivity index (χ0n) is 42.1. The summed E-state index contributed by atoms with van der Waals surface area (Å²) >= 11 is 0. The lowest BCUT2D eigenvalue weighted by Crippen LogP contribution is -2.30. The van der Waals surface area contributed by atoms with Gasteiger partial charge < -0.3 is 14.2 Å². The minimum atomic E-state index is -0.777. The Morgan fingerprint density at radius 2 is 0.587 bits per heavy atom. The fourth-order valence-corrected chi connectivity index (χ4v) is 7.93. The molecular weight excluding hydrogens is 781 g/mol. The van der Waals surface area contributed by atoms with Gasteiger partial charge in [-0.05, 0) is 70.6 Å². The van der Waals surface area contributed by atoms with E-state index in [2.05, 4.69) is 57.2 Å². The topological polar surface area (TPSA) is 78.9 Å². The molecule has 0 aliphatic carbocycles. The molecule has 0 N–H and O–H groups in total. The molecule has 0 saturated carbocycles. The average Bonchev–Trinajstić information content (AvgIpc) is 3.28. The van der Waals surface area contributed by atoms with Crippen LogP contribution in [-0.2, 0) is 28.6 Å². The molecule has 0 aromatic rings. The molecule has 0 aromatic carbocycles. The van der Waals surface area contributed by atoms with Crippen LogP contribution in [0.1, 0.15) is 290 Å². The van der Waals surface area contributed by atoms with Crippen molar-refractivity contribution in [3.05, 3.63) is 36.5 Å². The highest BCUT2D eigenvalue weighted by molar-refractivity contribution is 5.71. The average molecular weight is 885 g/mol. The molecule has 368 valence electrons. The molecular formula is C57H104O6. The number of allylic oxidation sites excluding steroid dienone is 6. The molecule has 0 aliphatic rings. The lowest BCUT2D eigenvalue weighted by atomic mass is 10.0. The van der Waals surface area contributed by atoms with Crippen molar-refractivity contribution in [3.8, 4) is 0 Å². The van der Waals surface area contributed by atoms with E-state index in [0.29, 0.717) is 19.3 Å². The van der Waals surface area contributed by atoms with Crippen LogP contribution < -0.4 is 0 Å². The van der Waals surface area contributed by atoms with Gasteiger partial charge in [0, 0.05) is 19.3 Å². The summed E-state index contributed by atoms with van der Waals surface area (Å²) in [6, 6.07) is 0. The molecule has 0 heterocycles. The van der Waals surface area contributed by atoms with Crippen LogP contribution >= 0.6 is 0 Å². The second-order valence-corrected chi connectivity index (χ2v) is 18.5. The highest BCUT2D eigenvalue weighted by Crippen LogP contribution is 2.16. The number of hydrogen-bond donors (Lipinski definition) is 0. The van der Waals surface area contributed by atoms with E-state index in [1.807, 2.05) is 0 Å². The highest BCUT2D eigenvalue weighted by Gasteiger charge is 2.19. The smallest absolute Gasteiger partial charge is 0.306 e. The summed E-state index contributed by atoms with van der Waals surface area (Å²) in [5.74, 6) is -0.881. The predicted octanol–water partition coefficient (Wildman–Crippen LogP) is 18.1. The van der Waals surface area contributed by atoms with Crippen molar-refractivity contribution < 1.29 is 28.6 Å². The van der Waals surface area contributed by atoms with Gasteiger partial charge in [-0.3, -0.25) is 14.4 Å². The first kappa shape index (κ1) is 60.6. The van der Waals surface area contributed by atoms with Crippen molar-refractivity contribution in [3.63, 3.8) is 0 Å². The van der Waals surface area contributed by atoms with Gasteiger partial charge in [0.05, 0.1) is 0 Å². The Hall–Kier alpha value is -2.37. The third kappa shape index (κ3) is 50.5. The zero-order chi connectivity index (χ0) is 45.8. The molecule has 0 rings (SSSR count). The first-order chi connectivity index (χ1) is 31.0. The van der Waals surface area contributed by atoms with Gasteiger partial charge in [0.1, 0.15) is 13.2 Å². The van der Waals surface area contributed by atoms with Gasteiger partial charge in [-0.15, -0.1) is 0 Å². The summed E-state index contributed by atoms with van der Waals surface area (Å²) in [7, 11) is 0. The predicted molar refractivity (Wildman–Crippen MR) is 270 cm³/mol. The van der Waals surface area contributed by atoms with Gasteiger partial charge in [0.25, 0.3) is 0 Å². The summed E-state index contributed by atoms with van der Waals surface area (Å²) in [5, 5.41) is 0. The monoisotopic (exact) mass is 885 g/mol. The standard InChI is InChI=1S/C57H104O6/c1-4-7-10-13-16-19-22-25-28-29-30-33-35-38-41-44-47-50-56(59)62-53-54(63-57(60)51-48-45-42-39-36-32-27-24-21-18-15-12-9-6-3)52-61-55(58)49-46-43-40-37-34-31-26-23-20-17-14-11-8-5-2/h15,18,24-25,27-28,54H,4-14,16-17,19-23,26,29-53H2,1-3H3/b18-15-,27-24-,28-25-. The van der Waals surface area contributed by atoms with Gasteiger partial charge >= 0.3 is 17.9 Å². The van der Waals surface area contributed by atoms with E-state index in [0.717, 1.165) is 83.5 Å². The van der Waals surface area contributed by atoms with Crippen LogP contribution in [0.3, 0.4) is 0 Å².